The molecule has 2 aliphatic rings. The van der Waals surface area contributed by atoms with E-state index in [1.165, 1.54) is 0 Å². The molecular weight excluding hydrogens is 343 g/mol. The third-order valence-corrected chi connectivity index (χ3v) is 6.12. The number of carbonyl (C=O) groups excluding carboxylic acids is 1. The Morgan fingerprint density at radius 3 is 2.33 bits per heavy atom. The molecule has 0 spiro atoms. The lowest BCUT2D eigenvalue weighted by Crippen LogP contribution is -2.55. The number of halogens is 1. The second kappa shape index (κ2) is 9.02. The lowest BCUT2D eigenvalue weighted by atomic mass is 10.1. The van der Waals surface area contributed by atoms with Gasteiger partial charge in [0.1, 0.15) is 5.82 Å². The number of anilines is 1. The molecule has 5 nitrogen and oxygen atoms in total. The molecule has 2 fully saturated rings. The number of hydrogen-bond donors (Lipinski definition) is 0. The molecule has 1 aromatic carbocycles. The summed E-state index contributed by atoms with van der Waals surface area (Å²) < 4.78 is 13.5. The molecule has 150 valence electrons. The molecule has 1 unspecified atom stereocenters. The van der Waals surface area contributed by atoms with Crippen molar-refractivity contribution in [3.63, 3.8) is 0 Å². The first kappa shape index (κ1) is 20.1. The largest absolute Gasteiger partial charge is 0.369 e. The number of nitrogens with zero attached hydrogens (tertiary/aromatic N) is 4. The molecule has 0 saturated carbocycles. The Morgan fingerprint density at radius 2 is 1.74 bits per heavy atom. The topological polar surface area (TPSA) is 30.0 Å². The maximum Gasteiger partial charge on any atom is 0.236 e. The van der Waals surface area contributed by atoms with E-state index < -0.39 is 0 Å². The van der Waals surface area contributed by atoms with Gasteiger partial charge in [0.05, 0.1) is 6.54 Å². The van der Waals surface area contributed by atoms with Gasteiger partial charge in [0.25, 0.3) is 0 Å². The van der Waals surface area contributed by atoms with Gasteiger partial charge >= 0.3 is 0 Å². The minimum absolute atomic E-state index is 0.156. The molecule has 0 bridgehead atoms. The van der Waals surface area contributed by atoms with Crippen molar-refractivity contribution >= 4 is 11.6 Å². The van der Waals surface area contributed by atoms with Crippen LogP contribution in [0.1, 0.15) is 25.8 Å². The van der Waals surface area contributed by atoms with Crippen LogP contribution in [-0.2, 0) is 4.79 Å². The monoisotopic (exact) mass is 376 g/mol. The maximum absolute atomic E-state index is 13.5. The molecule has 1 amide bonds. The zero-order valence-electron chi connectivity index (χ0n) is 17.0. The van der Waals surface area contributed by atoms with Crippen molar-refractivity contribution in [1.82, 2.24) is 14.7 Å². The van der Waals surface area contributed by atoms with Gasteiger partial charge in [-0.3, -0.25) is 14.6 Å². The van der Waals surface area contributed by atoms with Crippen LogP contribution in [0.25, 0.3) is 0 Å². The minimum Gasteiger partial charge on any atom is -0.369 e. The molecule has 27 heavy (non-hydrogen) atoms. The Balaban J connectivity index is 1.44. The Kier molecular flexibility index (Phi) is 6.71. The molecule has 2 saturated heterocycles. The summed E-state index contributed by atoms with van der Waals surface area (Å²) >= 11 is 0. The van der Waals surface area contributed by atoms with E-state index in [2.05, 4.69) is 28.5 Å². The van der Waals surface area contributed by atoms with Crippen LogP contribution in [0.3, 0.4) is 0 Å². The van der Waals surface area contributed by atoms with Crippen LogP contribution in [0.2, 0.25) is 0 Å². The fourth-order valence-electron chi connectivity index (χ4n) is 3.95. The molecule has 6 heteroatoms. The standard InChI is InChI=1S/C21H33FN4O/c1-4-18(3)24-11-13-26(14-12-24)21(27)16-23-7-9-25(10-8-23)19-5-6-20(22)17(2)15-19/h5-6,15,18H,4,7-14,16H2,1-3H3. The van der Waals surface area contributed by atoms with Crippen LogP contribution >= 0.6 is 0 Å². The summed E-state index contributed by atoms with van der Waals surface area (Å²) in [5.74, 6) is 0.0984. The summed E-state index contributed by atoms with van der Waals surface area (Å²) in [7, 11) is 0. The molecule has 1 atom stereocenters. The molecular formula is C21H33FN4O. The molecule has 0 aromatic heterocycles. The van der Waals surface area contributed by atoms with Crippen molar-refractivity contribution in [3.05, 3.63) is 29.6 Å². The highest BCUT2D eigenvalue weighted by Gasteiger charge is 2.26. The summed E-state index contributed by atoms with van der Waals surface area (Å²) in [5, 5.41) is 0. The molecule has 0 aliphatic carbocycles. The Morgan fingerprint density at radius 1 is 1.07 bits per heavy atom. The summed E-state index contributed by atoms with van der Waals surface area (Å²) in [4.78, 5) is 21.7. The maximum atomic E-state index is 13.5. The minimum atomic E-state index is -0.156. The number of amides is 1. The lowest BCUT2D eigenvalue weighted by molar-refractivity contribution is -0.134. The summed E-state index contributed by atoms with van der Waals surface area (Å²) in [5.41, 5.74) is 1.75. The smallest absolute Gasteiger partial charge is 0.236 e. The van der Waals surface area contributed by atoms with E-state index in [0.29, 0.717) is 18.2 Å². The number of rotatable bonds is 5. The van der Waals surface area contributed by atoms with E-state index in [1.54, 1.807) is 13.0 Å². The van der Waals surface area contributed by atoms with E-state index in [-0.39, 0.29) is 11.7 Å². The van der Waals surface area contributed by atoms with Gasteiger partial charge in [-0.25, -0.2) is 4.39 Å². The van der Waals surface area contributed by atoms with Gasteiger partial charge < -0.3 is 9.80 Å². The highest BCUT2D eigenvalue weighted by Crippen LogP contribution is 2.20. The van der Waals surface area contributed by atoms with Crippen molar-refractivity contribution in [2.24, 2.45) is 0 Å². The third-order valence-electron chi connectivity index (χ3n) is 6.12. The van der Waals surface area contributed by atoms with E-state index in [4.69, 9.17) is 0 Å². The second-order valence-electron chi connectivity index (χ2n) is 7.87. The van der Waals surface area contributed by atoms with Crippen LogP contribution in [0.5, 0.6) is 0 Å². The fraction of sp³-hybridized carbons (Fsp3) is 0.667. The van der Waals surface area contributed by atoms with Crippen molar-refractivity contribution in [1.29, 1.82) is 0 Å². The van der Waals surface area contributed by atoms with Gasteiger partial charge in [-0.2, -0.15) is 0 Å². The summed E-state index contributed by atoms with van der Waals surface area (Å²) in [6.07, 6.45) is 1.16. The highest BCUT2D eigenvalue weighted by atomic mass is 19.1. The van der Waals surface area contributed by atoms with Crippen molar-refractivity contribution in [2.75, 3.05) is 63.8 Å². The zero-order chi connectivity index (χ0) is 19.4. The van der Waals surface area contributed by atoms with Crippen molar-refractivity contribution < 1.29 is 9.18 Å². The van der Waals surface area contributed by atoms with Gasteiger partial charge in [-0.05, 0) is 44.0 Å². The van der Waals surface area contributed by atoms with Crippen LogP contribution in [0, 0.1) is 12.7 Å². The van der Waals surface area contributed by atoms with Crippen LogP contribution in [0.4, 0.5) is 10.1 Å². The molecule has 0 N–H and O–H groups in total. The van der Waals surface area contributed by atoms with E-state index in [1.807, 2.05) is 17.0 Å². The molecule has 2 aliphatic heterocycles. The third kappa shape index (κ3) is 4.99. The number of piperazine rings is 2. The number of aryl methyl sites for hydroxylation is 1. The fourth-order valence-corrected chi connectivity index (χ4v) is 3.95. The Hall–Kier alpha value is -1.66. The average molecular weight is 377 g/mol. The molecule has 2 heterocycles. The van der Waals surface area contributed by atoms with Crippen molar-refractivity contribution in [2.45, 2.75) is 33.2 Å². The van der Waals surface area contributed by atoms with Gasteiger partial charge in [-0.15, -0.1) is 0 Å². The van der Waals surface area contributed by atoms with Gasteiger partial charge in [-0.1, -0.05) is 6.92 Å². The highest BCUT2D eigenvalue weighted by molar-refractivity contribution is 5.78. The normalized spacial score (nSPS) is 20.7. The van der Waals surface area contributed by atoms with Gasteiger partial charge in [0, 0.05) is 64.1 Å². The van der Waals surface area contributed by atoms with Crippen LogP contribution in [-0.4, -0.2) is 85.6 Å². The number of carbonyl (C=O) groups is 1. The predicted octanol–water partition coefficient (Wildman–Crippen LogP) is 2.20. The second-order valence-corrected chi connectivity index (χ2v) is 7.87. The quantitative estimate of drug-likeness (QED) is 0.788. The first-order valence-corrected chi connectivity index (χ1v) is 10.2. The van der Waals surface area contributed by atoms with Crippen LogP contribution < -0.4 is 4.90 Å². The SMILES string of the molecule is CCC(C)N1CCN(C(=O)CN2CCN(c3ccc(F)c(C)c3)CC2)CC1. The van der Waals surface area contributed by atoms with Gasteiger partial charge in [0.2, 0.25) is 5.91 Å². The predicted molar refractivity (Wildman–Crippen MR) is 108 cm³/mol. The number of hydrogen-bond acceptors (Lipinski definition) is 4. The van der Waals surface area contributed by atoms with E-state index in [9.17, 15) is 9.18 Å². The first-order chi connectivity index (χ1) is 13.0. The first-order valence-electron chi connectivity index (χ1n) is 10.2. The molecule has 1 aromatic rings. The van der Waals surface area contributed by atoms with Crippen molar-refractivity contribution in [3.8, 4) is 0 Å². The summed E-state index contributed by atoms with van der Waals surface area (Å²) in [6.45, 7) is 13.9. The Bertz CT molecular complexity index is 637. The molecule has 3 rings (SSSR count). The lowest BCUT2D eigenvalue weighted by Gasteiger charge is -2.40. The zero-order valence-corrected chi connectivity index (χ0v) is 17.0. The average Bonchev–Trinajstić information content (AvgIpc) is 2.70. The van der Waals surface area contributed by atoms with Crippen LogP contribution in [0.15, 0.2) is 18.2 Å². The Labute approximate surface area is 162 Å². The number of benzene rings is 1. The van der Waals surface area contributed by atoms with E-state index >= 15 is 0 Å². The summed E-state index contributed by atoms with van der Waals surface area (Å²) in [6, 6.07) is 5.90. The van der Waals surface area contributed by atoms with Gasteiger partial charge in [0.15, 0.2) is 0 Å². The molecule has 0 radical (unpaired) electrons. The van der Waals surface area contributed by atoms with E-state index in [0.717, 1.165) is 64.5 Å².